The summed E-state index contributed by atoms with van der Waals surface area (Å²) in [5.74, 6) is 3.16. The van der Waals surface area contributed by atoms with Crippen LogP contribution in [0.2, 0.25) is 0 Å². The second-order valence-corrected chi connectivity index (χ2v) is 7.65. The topological polar surface area (TPSA) is 36.9 Å². The molecule has 0 N–H and O–H groups in total. The maximum atomic E-state index is 6.38. The van der Waals surface area contributed by atoms with Crippen molar-refractivity contribution in [3.63, 3.8) is 0 Å². The molecule has 160 valence electrons. The van der Waals surface area contributed by atoms with Crippen LogP contribution in [0.25, 0.3) is 6.08 Å². The van der Waals surface area contributed by atoms with E-state index in [0.29, 0.717) is 18.1 Å². The molecule has 31 heavy (non-hydrogen) atoms. The van der Waals surface area contributed by atoms with Gasteiger partial charge >= 0.3 is 0 Å². The minimum atomic E-state index is -0.123. The van der Waals surface area contributed by atoms with Gasteiger partial charge in [-0.25, -0.2) is 0 Å². The molecule has 4 rings (SSSR count). The van der Waals surface area contributed by atoms with Crippen LogP contribution in [0.5, 0.6) is 23.0 Å². The SMILES string of the molecule is C/C=C/c1cc(OC)c2c(c1)[C@@H](C)[C@H](c1ccc(OCc3ccccc3)c(OC)c1)O2. The van der Waals surface area contributed by atoms with Crippen molar-refractivity contribution in [1.82, 2.24) is 0 Å². The fourth-order valence-corrected chi connectivity index (χ4v) is 4.02. The summed E-state index contributed by atoms with van der Waals surface area (Å²) < 4.78 is 23.6. The molecule has 4 heteroatoms. The average Bonchev–Trinajstić information content (AvgIpc) is 3.14. The third-order valence-electron chi connectivity index (χ3n) is 5.63. The first-order valence-corrected chi connectivity index (χ1v) is 10.5. The van der Waals surface area contributed by atoms with Crippen molar-refractivity contribution in [3.05, 3.63) is 89.0 Å². The van der Waals surface area contributed by atoms with Gasteiger partial charge in [-0.3, -0.25) is 0 Å². The van der Waals surface area contributed by atoms with Gasteiger partial charge in [0.15, 0.2) is 23.0 Å². The van der Waals surface area contributed by atoms with E-state index >= 15 is 0 Å². The van der Waals surface area contributed by atoms with E-state index in [1.807, 2.05) is 61.5 Å². The second-order valence-electron chi connectivity index (χ2n) is 7.65. The molecule has 0 aromatic heterocycles. The third-order valence-corrected chi connectivity index (χ3v) is 5.63. The van der Waals surface area contributed by atoms with Gasteiger partial charge in [-0.1, -0.05) is 55.5 Å². The minimum Gasteiger partial charge on any atom is -0.493 e. The summed E-state index contributed by atoms with van der Waals surface area (Å²) in [5.41, 5.74) is 4.42. The average molecular weight is 417 g/mol. The molecule has 4 nitrogen and oxygen atoms in total. The highest BCUT2D eigenvalue weighted by Gasteiger charge is 2.35. The Bertz CT molecular complexity index is 1070. The fourth-order valence-electron chi connectivity index (χ4n) is 4.02. The first-order valence-electron chi connectivity index (χ1n) is 10.5. The predicted molar refractivity (Wildman–Crippen MR) is 123 cm³/mol. The van der Waals surface area contributed by atoms with Crippen LogP contribution in [0.1, 0.15) is 48.1 Å². The van der Waals surface area contributed by atoms with Crippen molar-refractivity contribution in [2.24, 2.45) is 0 Å². The van der Waals surface area contributed by atoms with Gasteiger partial charge in [0.1, 0.15) is 12.7 Å². The summed E-state index contributed by atoms with van der Waals surface area (Å²) in [4.78, 5) is 0. The third kappa shape index (κ3) is 4.24. The molecule has 2 atom stereocenters. The summed E-state index contributed by atoms with van der Waals surface area (Å²) in [6.45, 7) is 4.68. The van der Waals surface area contributed by atoms with Gasteiger partial charge in [-0.15, -0.1) is 0 Å². The number of hydrogen-bond donors (Lipinski definition) is 0. The Labute approximate surface area is 184 Å². The standard InChI is InChI=1S/C27H28O4/c1-5-9-20-14-22-18(2)26(31-27(22)25(15-20)29-4)21-12-13-23(24(16-21)28-3)30-17-19-10-7-6-8-11-19/h5-16,18,26H,17H2,1-4H3/b9-5+/t18-,26-/m1/s1. The van der Waals surface area contributed by atoms with E-state index in [4.69, 9.17) is 18.9 Å². The summed E-state index contributed by atoms with van der Waals surface area (Å²) >= 11 is 0. The first-order chi connectivity index (χ1) is 15.1. The van der Waals surface area contributed by atoms with Gasteiger partial charge in [0, 0.05) is 11.5 Å². The predicted octanol–water partition coefficient (Wildman–Crippen LogP) is 6.55. The van der Waals surface area contributed by atoms with Crippen molar-refractivity contribution in [1.29, 1.82) is 0 Å². The van der Waals surface area contributed by atoms with E-state index in [1.165, 1.54) is 0 Å². The van der Waals surface area contributed by atoms with Crippen LogP contribution >= 0.6 is 0 Å². The number of rotatable bonds is 7. The van der Waals surface area contributed by atoms with Gasteiger partial charge in [-0.05, 0) is 47.9 Å². The van der Waals surface area contributed by atoms with Gasteiger partial charge in [0.2, 0.25) is 0 Å². The van der Waals surface area contributed by atoms with Crippen LogP contribution in [-0.4, -0.2) is 14.2 Å². The van der Waals surface area contributed by atoms with Gasteiger partial charge in [-0.2, -0.15) is 0 Å². The maximum absolute atomic E-state index is 6.38. The van der Waals surface area contributed by atoms with Crippen LogP contribution in [0.15, 0.2) is 66.7 Å². The van der Waals surface area contributed by atoms with Crippen molar-refractivity contribution in [2.75, 3.05) is 14.2 Å². The van der Waals surface area contributed by atoms with E-state index in [9.17, 15) is 0 Å². The molecule has 3 aromatic carbocycles. The molecule has 0 saturated heterocycles. The monoisotopic (exact) mass is 416 g/mol. The smallest absolute Gasteiger partial charge is 0.165 e. The Morgan fingerprint density at radius 2 is 1.68 bits per heavy atom. The van der Waals surface area contributed by atoms with E-state index < -0.39 is 0 Å². The van der Waals surface area contributed by atoms with Crippen LogP contribution in [0, 0.1) is 0 Å². The first kappa shape index (κ1) is 20.9. The zero-order valence-corrected chi connectivity index (χ0v) is 18.4. The summed E-state index contributed by atoms with van der Waals surface area (Å²) in [6.07, 6.45) is 3.98. The van der Waals surface area contributed by atoms with Gasteiger partial charge in [0.05, 0.1) is 14.2 Å². The molecule has 0 amide bonds. The van der Waals surface area contributed by atoms with Gasteiger partial charge in [0.25, 0.3) is 0 Å². The Morgan fingerprint density at radius 1 is 0.903 bits per heavy atom. The van der Waals surface area contributed by atoms with Crippen LogP contribution in [0.4, 0.5) is 0 Å². The largest absolute Gasteiger partial charge is 0.493 e. The zero-order valence-electron chi connectivity index (χ0n) is 18.4. The molecule has 1 aliphatic heterocycles. The number of allylic oxidation sites excluding steroid dienone is 1. The summed E-state index contributed by atoms with van der Waals surface area (Å²) in [5, 5.41) is 0. The molecule has 0 saturated carbocycles. The minimum absolute atomic E-state index is 0.123. The molecule has 0 bridgehead atoms. The molecule has 3 aromatic rings. The highest BCUT2D eigenvalue weighted by Crippen LogP contribution is 2.51. The van der Waals surface area contributed by atoms with Crippen LogP contribution in [0.3, 0.4) is 0 Å². The Balaban J connectivity index is 1.59. The Hall–Kier alpha value is -3.40. The quantitative estimate of drug-likeness (QED) is 0.437. The maximum Gasteiger partial charge on any atom is 0.165 e. The molecule has 0 spiro atoms. The van der Waals surface area contributed by atoms with E-state index in [-0.39, 0.29) is 12.0 Å². The zero-order chi connectivity index (χ0) is 21.8. The van der Waals surface area contributed by atoms with Gasteiger partial charge < -0.3 is 18.9 Å². The van der Waals surface area contributed by atoms with Crippen molar-refractivity contribution < 1.29 is 18.9 Å². The number of fused-ring (bicyclic) bond motifs is 1. The van der Waals surface area contributed by atoms with E-state index in [2.05, 4.69) is 25.1 Å². The van der Waals surface area contributed by atoms with Crippen molar-refractivity contribution in [3.8, 4) is 23.0 Å². The molecule has 0 unspecified atom stereocenters. The molecule has 0 radical (unpaired) electrons. The normalized spacial score (nSPS) is 17.3. The van der Waals surface area contributed by atoms with E-state index in [1.54, 1.807) is 14.2 Å². The lowest BCUT2D eigenvalue weighted by molar-refractivity contribution is 0.207. The summed E-state index contributed by atoms with van der Waals surface area (Å²) in [7, 11) is 3.34. The number of hydrogen-bond acceptors (Lipinski definition) is 4. The number of ether oxygens (including phenoxy) is 4. The van der Waals surface area contributed by atoms with Crippen molar-refractivity contribution in [2.45, 2.75) is 32.5 Å². The number of methoxy groups -OCH3 is 2. The molecule has 0 fully saturated rings. The highest BCUT2D eigenvalue weighted by molar-refractivity contribution is 5.62. The second kappa shape index (κ2) is 9.17. The van der Waals surface area contributed by atoms with Crippen molar-refractivity contribution >= 4 is 6.08 Å². The Kier molecular flexibility index (Phi) is 6.17. The molecule has 1 heterocycles. The molecular weight excluding hydrogens is 388 g/mol. The lowest BCUT2D eigenvalue weighted by atomic mass is 9.91. The lowest BCUT2D eigenvalue weighted by Gasteiger charge is -2.18. The van der Waals surface area contributed by atoms with Crippen LogP contribution < -0.4 is 18.9 Å². The number of benzene rings is 3. The lowest BCUT2D eigenvalue weighted by Crippen LogP contribution is -2.08. The molecule has 1 aliphatic rings. The van der Waals surface area contributed by atoms with E-state index in [0.717, 1.165) is 33.8 Å². The Morgan fingerprint density at radius 3 is 2.39 bits per heavy atom. The summed E-state index contributed by atoms with van der Waals surface area (Å²) in [6, 6.07) is 20.3. The fraction of sp³-hybridized carbons (Fsp3) is 0.259. The molecular formula is C27H28O4. The van der Waals surface area contributed by atoms with Crippen LogP contribution in [-0.2, 0) is 6.61 Å². The molecule has 0 aliphatic carbocycles. The highest BCUT2D eigenvalue weighted by atomic mass is 16.5.